The summed E-state index contributed by atoms with van der Waals surface area (Å²) in [4.78, 5) is 2.17. The van der Waals surface area contributed by atoms with Gasteiger partial charge < -0.3 is 19.7 Å². The molecule has 0 bridgehead atoms. The summed E-state index contributed by atoms with van der Waals surface area (Å²) in [6.07, 6.45) is 0. The molecule has 1 aliphatic rings. The van der Waals surface area contributed by atoms with Crippen LogP contribution in [0.25, 0.3) is 0 Å². The fourth-order valence-electron chi connectivity index (χ4n) is 3.46. The molecule has 148 valence electrons. The molecule has 0 spiro atoms. The summed E-state index contributed by atoms with van der Waals surface area (Å²) in [6.45, 7) is 5.85. The molecule has 29 heavy (non-hydrogen) atoms. The lowest BCUT2D eigenvalue weighted by molar-refractivity contribution is 0.174. The second-order valence-corrected chi connectivity index (χ2v) is 7.61. The molecular formula is C24H24N2O2S. The highest BCUT2D eigenvalue weighted by atomic mass is 32.1. The highest BCUT2D eigenvalue weighted by Gasteiger charge is 2.17. The van der Waals surface area contributed by atoms with E-state index in [9.17, 15) is 0 Å². The molecule has 0 saturated carbocycles. The van der Waals surface area contributed by atoms with Crippen LogP contribution in [0.1, 0.15) is 22.3 Å². The van der Waals surface area contributed by atoms with Crippen molar-refractivity contribution in [3.8, 4) is 11.5 Å². The van der Waals surface area contributed by atoms with Crippen molar-refractivity contribution in [2.24, 2.45) is 0 Å². The van der Waals surface area contributed by atoms with Crippen molar-refractivity contribution in [2.45, 2.75) is 26.9 Å². The molecule has 4 rings (SSSR count). The lowest BCUT2D eigenvalue weighted by Crippen LogP contribution is -2.34. The Kier molecular flexibility index (Phi) is 5.67. The monoisotopic (exact) mass is 404 g/mol. The van der Waals surface area contributed by atoms with Gasteiger partial charge in [0.1, 0.15) is 0 Å². The Bertz CT molecular complexity index is 1000. The third-order valence-corrected chi connectivity index (χ3v) is 5.39. The highest BCUT2D eigenvalue weighted by Crippen LogP contribution is 2.33. The summed E-state index contributed by atoms with van der Waals surface area (Å²) < 4.78 is 11.0. The topological polar surface area (TPSA) is 33.7 Å². The van der Waals surface area contributed by atoms with E-state index in [0.717, 1.165) is 22.7 Å². The van der Waals surface area contributed by atoms with Gasteiger partial charge in [0.15, 0.2) is 16.6 Å². The molecule has 0 radical (unpaired) electrons. The van der Waals surface area contributed by atoms with Crippen LogP contribution < -0.4 is 14.8 Å². The quantitative estimate of drug-likeness (QED) is 0.574. The summed E-state index contributed by atoms with van der Waals surface area (Å²) in [5.41, 5.74) is 5.75. The van der Waals surface area contributed by atoms with Crippen LogP contribution in [-0.2, 0) is 13.1 Å². The van der Waals surface area contributed by atoms with Gasteiger partial charge in [0.2, 0.25) is 6.79 Å². The first-order valence-electron chi connectivity index (χ1n) is 9.65. The Hall–Kier alpha value is -3.05. The van der Waals surface area contributed by atoms with Crippen molar-refractivity contribution >= 4 is 23.0 Å². The summed E-state index contributed by atoms with van der Waals surface area (Å²) >= 11 is 5.83. The number of aryl methyl sites for hydroxylation is 2. The number of nitrogens with one attached hydrogen (secondary N) is 1. The summed E-state index contributed by atoms with van der Waals surface area (Å²) in [5, 5.41) is 4.17. The molecule has 1 heterocycles. The molecule has 3 aromatic rings. The van der Waals surface area contributed by atoms with Crippen LogP contribution in [-0.4, -0.2) is 16.8 Å². The van der Waals surface area contributed by atoms with Crippen LogP contribution in [0.5, 0.6) is 11.5 Å². The summed E-state index contributed by atoms with van der Waals surface area (Å²) in [5.74, 6) is 1.58. The van der Waals surface area contributed by atoms with Gasteiger partial charge in [-0.05, 0) is 60.5 Å². The number of rotatable bonds is 5. The number of hydrogen-bond donors (Lipinski definition) is 1. The van der Waals surface area contributed by atoms with Gasteiger partial charge in [-0.1, -0.05) is 54.6 Å². The minimum atomic E-state index is 0.277. The number of fused-ring (bicyclic) bond motifs is 1. The van der Waals surface area contributed by atoms with Crippen LogP contribution in [0.3, 0.4) is 0 Å². The standard InChI is InChI=1S/C24H24N2O2S/c1-17-7-6-8-18(2)23(17)25-24(29)26(14-19-9-4-3-5-10-19)15-20-11-12-21-22(13-20)28-16-27-21/h3-13H,14-16H2,1-2H3,(H,25,29). The number of hydrogen-bond acceptors (Lipinski definition) is 3. The molecule has 0 fully saturated rings. The fraction of sp³-hybridized carbons (Fsp3) is 0.208. The van der Waals surface area contributed by atoms with Gasteiger partial charge in [0, 0.05) is 18.8 Å². The Labute approximate surface area is 177 Å². The minimum Gasteiger partial charge on any atom is -0.454 e. The van der Waals surface area contributed by atoms with Crippen molar-refractivity contribution in [2.75, 3.05) is 12.1 Å². The van der Waals surface area contributed by atoms with Crippen molar-refractivity contribution in [3.05, 3.63) is 89.0 Å². The molecule has 3 aromatic carbocycles. The van der Waals surface area contributed by atoms with E-state index in [0.29, 0.717) is 18.2 Å². The molecule has 0 aromatic heterocycles. The van der Waals surface area contributed by atoms with Gasteiger partial charge in [0.25, 0.3) is 0 Å². The van der Waals surface area contributed by atoms with E-state index in [1.54, 1.807) is 0 Å². The second-order valence-electron chi connectivity index (χ2n) is 7.23. The number of anilines is 1. The zero-order valence-corrected chi connectivity index (χ0v) is 17.5. The SMILES string of the molecule is Cc1cccc(C)c1NC(=S)N(Cc1ccccc1)Cc1ccc2c(c1)OCO2. The Morgan fingerprint density at radius 2 is 1.55 bits per heavy atom. The normalized spacial score (nSPS) is 11.9. The number of nitrogens with zero attached hydrogens (tertiary/aromatic N) is 1. The molecule has 0 aliphatic carbocycles. The molecule has 0 saturated heterocycles. The Morgan fingerprint density at radius 3 is 2.31 bits per heavy atom. The minimum absolute atomic E-state index is 0.277. The maximum Gasteiger partial charge on any atom is 0.231 e. The molecule has 5 heteroatoms. The average Bonchev–Trinajstić information content (AvgIpc) is 3.19. The van der Waals surface area contributed by atoms with Gasteiger partial charge in [-0.15, -0.1) is 0 Å². The zero-order valence-electron chi connectivity index (χ0n) is 16.6. The number of thiocarbonyl (C=S) groups is 1. The second kappa shape index (κ2) is 8.53. The van der Waals surface area contributed by atoms with Gasteiger partial charge in [-0.2, -0.15) is 0 Å². The molecule has 0 atom stereocenters. The van der Waals surface area contributed by atoms with Crippen LogP contribution in [0.15, 0.2) is 66.7 Å². The lowest BCUT2D eigenvalue weighted by atomic mass is 10.1. The van der Waals surface area contributed by atoms with Crippen LogP contribution >= 0.6 is 12.2 Å². The molecule has 1 aliphatic heterocycles. The first-order chi connectivity index (χ1) is 14.1. The number of ether oxygens (including phenoxy) is 2. The van der Waals surface area contributed by atoms with Crippen molar-refractivity contribution in [3.63, 3.8) is 0 Å². The number of para-hydroxylation sites is 1. The van der Waals surface area contributed by atoms with E-state index in [-0.39, 0.29) is 6.79 Å². The van der Waals surface area contributed by atoms with E-state index in [4.69, 9.17) is 21.7 Å². The molecular weight excluding hydrogens is 380 g/mol. The van der Waals surface area contributed by atoms with Gasteiger partial charge in [0.05, 0.1) is 0 Å². The van der Waals surface area contributed by atoms with Crippen molar-refractivity contribution in [1.82, 2.24) is 4.90 Å². The van der Waals surface area contributed by atoms with Gasteiger partial charge in [-0.25, -0.2) is 0 Å². The largest absolute Gasteiger partial charge is 0.454 e. The van der Waals surface area contributed by atoms with E-state index in [1.165, 1.54) is 16.7 Å². The molecule has 4 nitrogen and oxygen atoms in total. The number of benzene rings is 3. The predicted molar refractivity (Wildman–Crippen MR) is 120 cm³/mol. The van der Waals surface area contributed by atoms with Crippen molar-refractivity contribution < 1.29 is 9.47 Å². The van der Waals surface area contributed by atoms with Crippen LogP contribution in [0.4, 0.5) is 5.69 Å². The summed E-state index contributed by atoms with van der Waals surface area (Å²) in [7, 11) is 0. The van der Waals surface area contributed by atoms with Gasteiger partial charge >= 0.3 is 0 Å². The maximum atomic E-state index is 5.83. The first kappa shape index (κ1) is 19.3. The predicted octanol–water partition coefficient (Wildman–Crippen LogP) is 5.43. The molecule has 0 unspecified atom stereocenters. The van der Waals surface area contributed by atoms with Crippen molar-refractivity contribution in [1.29, 1.82) is 0 Å². The maximum absolute atomic E-state index is 5.83. The fourth-order valence-corrected chi connectivity index (χ4v) is 3.69. The van der Waals surface area contributed by atoms with E-state index >= 15 is 0 Å². The van der Waals surface area contributed by atoms with E-state index in [1.807, 2.05) is 18.2 Å². The van der Waals surface area contributed by atoms with E-state index in [2.05, 4.69) is 72.6 Å². The third kappa shape index (κ3) is 4.51. The summed E-state index contributed by atoms with van der Waals surface area (Å²) in [6, 6.07) is 22.7. The average molecular weight is 405 g/mol. The molecule has 0 amide bonds. The smallest absolute Gasteiger partial charge is 0.231 e. The molecule has 1 N–H and O–H groups in total. The van der Waals surface area contributed by atoms with Gasteiger partial charge in [-0.3, -0.25) is 0 Å². The van der Waals surface area contributed by atoms with E-state index < -0.39 is 0 Å². The zero-order chi connectivity index (χ0) is 20.2. The van der Waals surface area contributed by atoms with Crippen LogP contribution in [0, 0.1) is 13.8 Å². The lowest BCUT2D eigenvalue weighted by Gasteiger charge is -2.27. The Morgan fingerprint density at radius 1 is 0.862 bits per heavy atom. The first-order valence-corrected chi connectivity index (χ1v) is 10.1. The van der Waals surface area contributed by atoms with Crippen LogP contribution in [0.2, 0.25) is 0 Å². The highest BCUT2D eigenvalue weighted by molar-refractivity contribution is 7.80. The third-order valence-electron chi connectivity index (χ3n) is 5.03. The Balaban J connectivity index is 1.58.